The average molecular weight is 263 g/mol. The number of fused-ring (bicyclic) bond motifs is 1. The van der Waals surface area contributed by atoms with Gasteiger partial charge in [0.15, 0.2) is 9.84 Å². The van der Waals surface area contributed by atoms with Crippen LogP contribution >= 0.6 is 0 Å². The van der Waals surface area contributed by atoms with Gasteiger partial charge in [0.05, 0.1) is 5.75 Å². The zero-order chi connectivity index (χ0) is 13.5. The SMILES string of the molecule is CC(C)(C)OC=O.CC1(C)C2N1CCS2(=O)=O. The van der Waals surface area contributed by atoms with E-state index < -0.39 is 9.84 Å². The fourth-order valence-corrected chi connectivity index (χ4v) is 4.44. The van der Waals surface area contributed by atoms with Crippen LogP contribution in [-0.2, 0) is 19.4 Å². The molecule has 0 aromatic carbocycles. The molecule has 2 aliphatic rings. The van der Waals surface area contributed by atoms with Crippen molar-refractivity contribution in [3.05, 3.63) is 0 Å². The lowest BCUT2D eigenvalue weighted by Gasteiger charge is -2.14. The van der Waals surface area contributed by atoms with E-state index in [-0.39, 0.29) is 16.5 Å². The maximum absolute atomic E-state index is 11.2. The van der Waals surface area contributed by atoms with E-state index in [9.17, 15) is 13.2 Å². The van der Waals surface area contributed by atoms with Gasteiger partial charge >= 0.3 is 0 Å². The predicted molar refractivity (Wildman–Crippen MR) is 65.3 cm³/mol. The van der Waals surface area contributed by atoms with Crippen molar-refractivity contribution >= 4 is 16.3 Å². The van der Waals surface area contributed by atoms with Crippen molar-refractivity contribution in [3.63, 3.8) is 0 Å². The fourth-order valence-electron chi connectivity index (χ4n) is 2.05. The predicted octanol–water partition coefficient (Wildman–Crippen LogP) is 0.793. The van der Waals surface area contributed by atoms with Gasteiger partial charge in [0.1, 0.15) is 11.0 Å². The molecule has 17 heavy (non-hydrogen) atoms. The third kappa shape index (κ3) is 3.19. The summed E-state index contributed by atoms with van der Waals surface area (Å²) in [6, 6.07) is 0. The summed E-state index contributed by atoms with van der Waals surface area (Å²) in [6.45, 7) is 10.6. The summed E-state index contributed by atoms with van der Waals surface area (Å²) in [5, 5.41) is -0.153. The highest BCUT2D eigenvalue weighted by Gasteiger charge is 2.66. The maximum Gasteiger partial charge on any atom is 0.293 e. The molecule has 2 fully saturated rings. The minimum Gasteiger partial charge on any atom is -0.462 e. The molecule has 2 rings (SSSR count). The Morgan fingerprint density at radius 1 is 1.35 bits per heavy atom. The summed E-state index contributed by atoms with van der Waals surface area (Å²) in [5.74, 6) is 0.362. The largest absolute Gasteiger partial charge is 0.462 e. The normalized spacial score (nSPS) is 31.8. The molecule has 5 nitrogen and oxygen atoms in total. The quantitative estimate of drug-likeness (QED) is 0.517. The van der Waals surface area contributed by atoms with Crippen LogP contribution in [0.3, 0.4) is 0 Å². The van der Waals surface area contributed by atoms with E-state index in [0.717, 1.165) is 6.54 Å². The molecule has 2 saturated heterocycles. The molecule has 0 spiro atoms. The van der Waals surface area contributed by atoms with Gasteiger partial charge in [-0.05, 0) is 34.6 Å². The molecule has 0 aromatic heterocycles. The highest BCUT2D eigenvalue weighted by Crippen LogP contribution is 2.47. The average Bonchev–Trinajstić information content (AvgIpc) is 2.44. The Kier molecular flexibility index (Phi) is 3.60. The second-order valence-electron chi connectivity index (χ2n) is 5.89. The van der Waals surface area contributed by atoms with Crippen LogP contribution in [0.1, 0.15) is 34.6 Å². The summed E-state index contributed by atoms with van der Waals surface area (Å²) in [7, 11) is -2.73. The highest BCUT2D eigenvalue weighted by atomic mass is 32.2. The van der Waals surface area contributed by atoms with Gasteiger partial charge in [0, 0.05) is 12.1 Å². The summed E-state index contributed by atoms with van der Waals surface area (Å²) < 4.78 is 26.9. The Morgan fingerprint density at radius 3 is 2.00 bits per heavy atom. The standard InChI is InChI=1S/C6H11NO2S.C5H10O2/c1-6(2)5-7(6)3-4-10(5,8)9;1-5(2,3)7-4-6/h5H,3-4H2,1-2H3;4H,1-3H3. The monoisotopic (exact) mass is 263 g/mol. The lowest BCUT2D eigenvalue weighted by atomic mass is 10.2. The Labute approximate surface area is 103 Å². The number of hydrogen-bond donors (Lipinski definition) is 0. The lowest BCUT2D eigenvalue weighted by molar-refractivity contribution is -0.138. The second kappa shape index (κ2) is 4.24. The van der Waals surface area contributed by atoms with E-state index in [1.807, 2.05) is 39.5 Å². The Balaban J connectivity index is 0.000000185. The van der Waals surface area contributed by atoms with Crippen molar-refractivity contribution in [2.45, 2.75) is 51.1 Å². The molecule has 2 aliphatic heterocycles. The van der Waals surface area contributed by atoms with Crippen LogP contribution in [-0.4, -0.2) is 48.6 Å². The Hall–Kier alpha value is -0.620. The van der Waals surface area contributed by atoms with Crippen molar-refractivity contribution in [2.24, 2.45) is 0 Å². The summed E-state index contributed by atoms with van der Waals surface area (Å²) in [5.41, 5.74) is -0.376. The van der Waals surface area contributed by atoms with Crippen molar-refractivity contribution in [1.29, 1.82) is 0 Å². The molecule has 2 heterocycles. The van der Waals surface area contributed by atoms with E-state index in [1.165, 1.54) is 0 Å². The van der Waals surface area contributed by atoms with Crippen molar-refractivity contribution in [3.8, 4) is 0 Å². The van der Waals surface area contributed by atoms with Gasteiger partial charge in [0.2, 0.25) is 0 Å². The molecule has 2 unspecified atom stereocenters. The molecule has 0 aromatic rings. The molecule has 2 atom stereocenters. The molecule has 0 amide bonds. The number of sulfone groups is 1. The molecule has 0 radical (unpaired) electrons. The van der Waals surface area contributed by atoms with E-state index in [2.05, 4.69) is 4.74 Å². The number of carbonyl (C=O) groups is 1. The molecule has 0 aliphatic carbocycles. The molecule has 0 bridgehead atoms. The van der Waals surface area contributed by atoms with Crippen LogP contribution in [0.5, 0.6) is 0 Å². The van der Waals surface area contributed by atoms with Gasteiger partial charge in [-0.15, -0.1) is 0 Å². The van der Waals surface area contributed by atoms with Gasteiger partial charge in [-0.1, -0.05) is 0 Å². The topological polar surface area (TPSA) is 63.5 Å². The Morgan fingerprint density at radius 2 is 1.88 bits per heavy atom. The first-order chi connectivity index (χ1) is 7.52. The summed E-state index contributed by atoms with van der Waals surface area (Å²) >= 11 is 0. The van der Waals surface area contributed by atoms with E-state index in [0.29, 0.717) is 12.2 Å². The van der Waals surface area contributed by atoms with Crippen LogP contribution in [0, 0.1) is 0 Å². The summed E-state index contributed by atoms with van der Waals surface area (Å²) in [6.07, 6.45) is 0. The van der Waals surface area contributed by atoms with E-state index in [4.69, 9.17) is 0 Å². The number of rotatable bonds is 1. The van der Waals surface area contributed by atoms with Crippen LogP contribution in [0.4, 0.5) is 0 Å². The number of hydrogen-bond acceptors (Lipinski definition) is 5. The third-order valence-corrected chi connectivity index (χ3v) is 5.18. The molecule has 0 N–H and O–H groups in total. The number of carbonyl (C=O) groups excluding carboxylic acids is 1. The molecular weight excluding hydrogens is 242 g/mol. The zero-order valence-corrected chi connectivity index (χ0v) is 11.9. The molecule has 6 heteroatoms. The smallest absolute Gasteiger partial charge is 0.293 e. The van der Waals surface area contributed by atoms with Crippen LogP contribution in [0.2, 0.25) is 0 Å². The number of nitrogens with zero attached hydrogens (tertiary/aromatic N) is 1. The number of ether oxygens (including phenoxy) is 1. The van der Waals surface area contributed by atoms with Crippen molar-refractivity contribution in [1.82, 2.24) is 4.90 Å². The van der Waals surface area contributed by atoms with Crippen LogP contribution in [0.25, 0.3) is 0 Å². The van der Waals surface area contributed by atoms with Gasteiger partial charge in [-0.2, -0.15) is 0 Å². The van der Waals surface area contributed by atoms with Crippen molar-refractivity contribution in [2.75, 3.05) is 12.3 Å². The van der Waals surface area contributed by atoms with Gasteiger partial charge < -0.3 is 4.74 Å². The van der Waals surface area contributed by atoms with E-state index in [1.54, 1.807) is 0 Å². The van der Waals surface area contributed by atoms with Crippen molar-refractivity contribution < 1.29 is 17.9 Å². The van der Waals surface area contributed by atoms with Crippen LogP contribution in [0.15, 0.2) is 0 Å². The Bertz CT molecular complexity index is 394. The maximum atomic E-state index is 11.2. The molecular formula is C11H21NO4S. The first kappa shape index (κ1) is 14.4. The minimum atomic E-state index is -2.73. The summed E-state index contributed by atoms with van der Waals surface area (Å²) in [4.78, 5) is 11.6. The fraction of sp³-hybridized carbons (Fsp3) is 0.909. The highest BCUT2D eigenvalue weighted by molar-refractivity contribution is 7.92. The van der Waals surface area contributed by atoms with Gasteiger partial charge in [-0.3, -0.25) is 9.69 Å². The van der Waals surface area contributed by atoms with Gasteiger partial charge in [0.25, 0.3) is 6.47 Å². The molecule has 0 saturated carbocycles. The molecule has 100 valence electrons. The van der Waals surface area contributed by atoms with E-state index >= 15 is 0 Å². The zero-order valence-electron chi connectivity index (χ0n) is 11.1. The first-order valence-corrected chi connectivity index (χ1v) is 7.34. The third-order valence-electron chi connectivity index (χ3n) is 2.92. The second-order valence-corrected chi connectivity index (χ2v) is 8.07. The van der Waals surface area contributed by atoms with Crippen LogP contribution < -0.4 is 0 Å². The van der Waals surface area contributed by atoms with Gasteiger partial charge in [-0.25, -0.2) is 8.42 Å². The first-order valence-electron chi connectivity index (χ1n) is 5.62. The minimum absolute atomic E-state index is 0.0584. The lowest BCUT2D eigenvalue weighted by Crippen LogP contribution is -2.21.